The minimum atomic E-state index is -0.296. The molecule has 4 unspecified atom stereocenters. The molecule has 4 saturated carbocycles. The molecule has 0 aromatic rings. The first-order valence-corrected chi connectivity index (χ1v) is 10.4. The summed E-state index contributed by atoms with van der Waals surface area (Å²) in [5.41, 5.74) is 0.374. The highest BCUT2D eigenvalue weighted by molar-refractivity contribution is 5.11. The number of fused-ring (bicyclic) bond motifs is 5. The van der Waals surface area contributed by atoms with Crippen molar-refractivity contribution in [2.24, 2.45) is 40.4 Å². The molecule has 0 aromatic heterocycles. The molecule has 3 nitrogen and oxygen atoms in total. The number of hydrogen-bond donors (Lipinski definition) is 3. The van der Waals surface area contributed by atoms with Crippen LogP contribution in [0.2, 0.25) is 0 Å². The molecule has 9 atom stereocenters. The highest BCUT2D eigenvalue weighted by atomic mass is 16.3. The van der Waals surface area contributed by atoms with Gasteiger partial charge in [0.05, 0.1) is 12.2 Å². The summed E-state index contributed by atoms with van der Waals surface area (Å²) in [6, 6.07) is 0. The van der Waals surface area contributed by atoms with Crippen molar-refractivity contribution in [3.63, 3.8) is 0 Å². The van der Waals surface area contributed by atoms with Crippen molar-refractivity contribution >= 4 is 0 Å². The maximum atomic E-state index is 10.3. The van der Waals surface area contributed by atoms with E-state index in [0.717, 1.165) is 37.5 Å². The first-order valence-electron chi connectivity index (χ1n) is 10.4. The molecule has 0 saturated heterocycles. The van der Waals surface area contributed by atoms with Crippen LogP contribution in [-0.2, 0) is 0 Å². The fraction of sp³-hybridized carbons (Fsp3) is 1.00. The average molecular weight is 337 g/mol. The average Bonchev–Trinajstić information content (AvgIpc) is 2.95. The Kier molecular flexibility index (Phi) is 4.29. The van der Waals surface area contributed by atoms with Crippen molar-refractivity contribution in [2.45, 2.75) is 83.8 Å². The van der Waals surface area contributed by atoms with Gasteiger partial charge < -0.3 is 15.3 Å². The lowest BCUT2D eigenvalue weighted by molar-refractivity contribution is -0.147. The quantitative estimate of drug-likeness (QED) is 0.724. The van der Waals surface area contributed by atoms with Crippen LogP contribution in [0.15, 0.2) is 0 Å². The monoisotopic (exact) mass is 336 g/mol. The summed E-state index contributed by atoms with van der Waals surface area (Å²) in [7, 11) is 0. The Balaban J connectivity index is 1.62. The van der Waals surface area contributed by atoms with E-state index in [1.165, 1.54) is 32.1 Å². The molecule has 0 radical (unpaired) electrons. The lowest BCUT2D eigenvalue weighted by Gasteiger charge is -2.61. The molecule has 24 heavy (non-hydrogen) atoms. The van der Waals surface area contributed by atoms with E-state index < -0.39 is 0 Å². The third-order valence-corrected chi connectivity index (χ3v) is 9.30. The molecular formula is C21H36O3. The Morgan fingerprint density at radius 2 is 1.79 bits per heavy atom. The number of hydrogen-bond acceptors (Lipinski definition) is 3. The number of aliphatic hydroxyl groups is 3. The van der Waals surface area contributed by atoms with Gasteiger partial charge in [0.2, 0.25) is 0 Å². The summed E-state index contributed by atoms with van der Waals surface area (Å²) in [6.45, 7) is 4.69. The molecule has 0 aromatic carbocycles. The van der Waals surface area contributed by atoms with E-state index in [1.54, 1.807) is 0 Å². The SMILES string of the molecule is C[C@@H](O)C1CC[C@H]2[C@@H]3CC[C@H]4CC(O)CCC4(C)[C@H]3CCC12CO. The van der Waals surface area contributed by atoms with Crippen molar-refractivity contribution in [2.75, 3.05) is 6.61 Å². The van der Waals surface area contributed by atoms with Gasteiger partial charge in [0.15, 0.2) is 0 Å². The van der Waals surface area contributed by atoms with Crippen LogP contribution in [0.1, 0.15) is 71.6 Å². The van der Waals surface area contributed by atoms with E-state index in [2.05, 4.69) is 6.92 Å². The van der Waals surface area contributed by atoms with Gasteiger partial charge in [-0.1, -0.05) is 6.92 Å². The third-order valence-electron chi connectivity index (χ3n) is 9.30. The molecule has 3 heteroatoms. The zero-order valence-corrected chi connectivity index (χ0v) is 15.5. The van der Waals surface area contributed by atoms with E-state index in [1.807, 2.05) is 6.92 Å². The van der Waals surface area contributed by atoms with Gasteiger partial charge in [-0.25, -0.2) is 0 Å². The summed E-state index contributed by atoms with van der Waals surface area (Å²) >= 11 is 0. The van der Waals surface area contributed by atoms with Gasteiger partial charge in [-0.15, -0.1) is 0 Å². The molecule has 4 fully saturated rings. The van der Waals surface area contributed by atoms with Crippen molar-refractivity contribution in [1.82, 2.24) is 0 Å². The van der Waals surface area contributed by atoms with Gasteiger partial charge in [0.25, 0.3) is 0 Å². The van der Waals surface area contributed by atoms with Gasteiger partial charge in [-0.05, 0) is 99.7 Å². The minimum Gasteiger partial charge on any atom is -0.396 e. The first kappa shape index (κ1) is 17.3. The van der Waals surface area contributed by atoms with Crippen molar-refractivity contribution in [3.8, 4) is 0 Å². The maximum Gasteiger partial charge on any atom is 0.0546 e. The Bertz CT molecular complexity index is 478. The van der Waals surface area contributed by atoms with E-state index in [4.69, 9.17) is 0 Å². The number of rotatable bonds is 2. The molecule has 3 N–H and O–H groups in total. The molecule has 0 spiro atoms. The zero-order chi connectivity index (χ0) is 17.1. The van der Waals surface area contributed by atoms with Gasteiger partial charge in [-0.2, -0.15) is 0 Å². The largest absolute Gasteiger partial charge is 0.396 e. The molecule has 4 aliphatic carbocycles. The van der Waals surface area contributed by atoms with Crippen LogP contribution in [-0.4, -0.2) is 34.1 Å². The molecule has 138 valence electrons. The van der Waals surface area contributed by atoms with Crippen LogP contribution < -0.4 is 0 Å². The van der Waals surface area contributed by atoms with Gasteiger partial charge in [0, 0.05) is 12.0 Å². The van der Waals surface area contributed by atoms with E-state index in [9.17, 15) is 15.3 Å². The second kappa shape index (κ2) is 5.96. The topological polar surface area (TPSA) is 60.7 Å². The Morgan fingerprint density at radius 3 is 2.50 bits per heavy atom. The van der Waals surface area contributed by atoms with E-state index >= 15 is 0 Å². The zero-order valence-electron chi connectivity index (χ0n) is 15.5. The van der Waals surface area contributed by atoms with Crippen LogP contribution in [0, 0.1) is 40.4 Å². The smallest absolute Gasteiger partial charge is 0.0546 e. The number of aliphatic hydroxyl groups excluding tert-OH is 3. The van der Waals surface area contributed by atoms with Crippen molar-refractivity contribution in [1.29, 1.82) is 0 Å². The Morgan fingerprint density at radius 1 is 1.00 bits per heavy atom. The van der Waals surface area contributed by atoms with Crippen LogP contribution in [0.4, 0.5) is 0 Å². The molecule has 4 aliphatic rings. The molecule has 0 aliphatic heterocycles. The van der Waals surface area contributed by atoms with Crippen LogP contribution in [0.3, 0.4) is 0 Å². The Hall–Kier alpha value is -0.120. The van der Waals surface area contributed by atoms with Gasteiger partial charge in [-0.3, -0.25) is 0 Å². The second-order valence-corrected chi connectivity index (χ2v) is 9.94. The molecule has 4 rings (SSSR count). The van der Waals surface area contributed by atoms with Crippen molar-refractivity contribution in [3.05, 3.63) is 0 Å². The third kappa shape index (κ3) is 2.27. The summed E-state index contributed by atoms with van der Waals surface area (Å²) < 4.78 is 0. The van der Waals surface area contributed by atoms with E-state index in [-0.39, 0.29) is 30.1 Å². The first-order chi connectivity index (χ1) is 11.4. The van der Waals surface area contributed by atoms with Crippen LogP contribution in [0.25, 0.3) is 0 Å². The highest BCUT2D eigenvalue weighted by Crippen LogP contribution is 2.67. The van der Waals surface area contributed by atoms with Crippen LogP contribution in [0.5, 0.6) is 0 Å². The van der Waals surface area contributed by atoms with E-state index in [0.29, 0.717) is 17.3 Å². The maximum absolute atomic E-state index is 10.3. The highest BCUT2D eigenvalue weighted by Gasteiger charge is 2.62. The normalized spacial score (nSPS) is 55.4. The summed E-state index contributed by atoms with van der Waals surface area (Å²) in [6.07, 6.45) is 9.91. The summed E-state index contributed by atoms with van der Waals surface area (Å²) in [5, 5.41) is 30.8. The predicted molar refractivity (Wildman–Crippen MR) is 94.3 cm³/mol. The molecule has 0 amide bonds. The molecule has 0 heterocycles. The second-order valence-electron chi connectivity index (χ2n) is 9.94. The predicted octanol–water partition coefficient (Wildman–Crippen LogP) is 3.36. The summed E-state index contributed by atoms with van der Waals surface area (Å²) in [5.74, 6) is 3.07. The summed E-state index contributed by atoms with van der Waals surface area (Å²) in [4.78, 5) is 0. The van der Waals surface area contributed by atoms with Gasteiger partial charge in [0.1, 0.15) is 0 Å². The molecular weight excluding hydrogens is 300 g/mol. The van der Waals surface area contributed by atoms with Crippen LogP contribution >= 0.6 is 0 Å². The molecule has 0 bridgehead atoms. The standard InChI is InChI=1S/C21H36O3/c1-13(23)17-5-6-19-16-4-3-14-11-15(24)7-9-20(14,2)18(16)8-10-21(17,19)12-22/h13-19,22-24H,3-12H2,1-2H3/t13-,14+,15?,16-,17?,18+,19+,20?,21?/m1/s1. The minimum absolute atomic E-state index is 0.0211. The lowest BCUT2D eigenvalue weighted by Crippen LogP contribution is -2.56. The van der Waals surface area contributed by atoms with Crippen molar-refractivity contribution < 1.29 is 15.3 Å². The Labute approximate surface area is 146 Å². The lowest BCUT2D eigenvalue weighted by atomic mass is 9.44. The van der Waals surface area contributed by atoms with Gasteiger partial charge >= 0.3 is 0 Å². The fourth-order valence-electron chi connectivity index (χ4n) is 8.12. The fourth-order valence-corrected chi connectivity index (χ4v) is 8.12.